The summed E-state index contributed by atoms with van der Waals surface area (Å²) in [6, 6.07) is 13.6. The summed E-state index contributed by atoms with van der Waals surface area (Å²) >= 11 is 0. The van der Waals surface area contributed by atoms with Crippen molar-refractivity contribution in [2.75, 3.05) is 35.2 Å². The van der Waals surface area contributed by atoms with Crippen molar-refractivity contribution in [3.8, 4) is 0 Å². The lowest BCUT2D eigenvalue weighted by atomic mass is 10.1. The lowest BCUT2D eigenvalue weighted by Crippen LogP contribution is -2.51. The predicted octanol–water partition coefficient (Wildman–Crippen LogP) is 5.20. The molecule has 1 amide bonds. The largest absolute Gasteiger partial charge is 0.434 e. The number of benzene rings is 1. The molecule has 13 heteroatoms. The second kappa shape index (κ2) is 11.4. The Morgan fingerprint density at radius 2 is 1.86 bits per heavy atom. The van der Waals surface area contributed by atoms with E-state index in [1.807, 2.05) is 24.3 Å². The molecule has 42 heavy (non-hydrogen) atoms. The molecule has 4 heterocycles. The zero-order valence-corrected chi connectivity index (χ0v) is 22.9. The number of aromatic nitrogens is 5. The summed E-state index contributed by atoms with van der Waals surface area (Å²) in [5, 5.41) is 13.2. The molecule has 3 N–H and O–H groups in total. The van der Waals surface area contributed by atoms with Crippen LogP contribution in [-0.4, -0.2) is 61.6 Å². The first-order valence-electron chi connectivity index (χ1n) is 13.8. The van der Waals surface area contributed by atoms with Gasteiger partial charge in [0.15, 0.2) is 11.5 Å². The van der Waals surface area contributed by atoms with Gasteiger partial charge in [-0.25, -0.2) is 4.98 Å². The van der Waals surface area contributed by atoms with Crippen molar-refractivity contribution in [1.82, 2.24) is 30.0 Å². The van der Waals surface area contributed by atoms with Crippen LogP contribution in [0.25, 0.3) is 0 Å². The second-order valence-electron chi connectivity index (χ2n) is 10.7. The van der Waals surface area contributed by atoms with E-state index in [2.05, 4.69) is 47.5 Å². The van der Waals surface area contributed by atoms with Crippen LogP contribution < -0.4 is 15.5 Å². The Balaban J connectivity index is 1.03. The van der Waals surface area contributed by atoms with Gasteiger partial charge in [0.1, 0.15) is 5.82 Å². The van der Waals surface area contributed by atoms with Crippen LogP contribution in [0.15, 0.2) is 60.9 Å². The smallest absolute Gasteiger partial charge is 0.338 e. The van der Waals surface area contributed by atoms with E-state index in [9.17, 15) is 18.0 Å². The number of nitrogens with zero attached hydrogens (tertiary/aromatic N) is 6. The average Bonchev–Trinajstić information content (AvgIpc) is 3.73. The fourth-order valence-corrected chi connectivity index (χ4v) is 5.06. The Morgan fingerprint density at radius 1 is 1.05 bits per heavy atom. The molecule has 1 unspecified atom stereocenters. The van der Waals surface area contributed by atoms with Gasteiger partial charge >= 0.3 is 6.18 Å². The van der Waals surface area contributed by atoms with Crippen molar-refractivity contribution in [2.24, 2.45) is 0 Å². The lowest BCUT2D eigenvalue weighted by molar-refractivity contribution is -0.141. The Bertz CT molecular complexity index is 1550. The van der Waals surface area contributed by atoms with Gasteiger partial charge in [0.05, 0.1) is 5.56 Å². The molecule has 1 aromatic carbocycles. The molecule has 0 spiro atoms. The Kier molecular flexibility index (Phi) is 7.50. The third-order valence-corrected chi connectivity index (χ3v) is 7.48. The topological polar surface area (TPSA) is 115 Å². The molecule has 6 rings (SSSR count). The number of hydrogen-bond acceptors (Lipinski definition) is 8. The number of H-pyrrole nitrogens is 1. The fraction of sp³-hybridized carbons (Fsp3) is 0.345. The van der Waals surface area contributed by atoms with Crippen LogP contribution in [0.2, 0.25) is 0 Å². The Labute approximate surface area is 240 Å². The molecule has 1 aliphatic carbocycles. The molecule has 2 aliphatic rings. The van der Waals surface area contributed by atoms with E-state index in [1.54, 1.807) is 18.3 Å². The normalized spacial score (nSPS) is 17.7. The van der Waals surface area contributed by atoms with Crippen molar-refractivity contribution in [3.05, 3.63) is 83.4 Å². The van der Waals surface area contributed by atoms with E-state index in [4.69, 9.17) is 4.98 Å². The van der Waals surface area contributed by atoms with Gasteiger partial charge in [-0.05, 0) is 55.7 Å². The van der Waals surface area contributed by atoms with E-state index >= 15 is 0 Å². The monoisotopic (exact) mass is 577 g/mol. The third kappa shape index (κ3) is 6.35. The maximum Gasteiger partial charge on any atom is 0.434 e. The predicted molar refractivity (Wildman–Crippen MR) is 152 cm³/mol. The first-order chi connectivity index (χ1) is 20.2. The van der Waals surface area contributed by atoms with E-state index in [0.29, 0.717) is 29.9 Å². The van der Waals surface area contributed by atoms with Gasteiger partial charge in [-0.2, -0.15) is 23.3 Å². The quantitative estimate of drug-likeness (QED) is 0.262. The number of halogens is 3. The van der Waals surface area contributed by atoms with Crippen LogP contribution in [-0.2, 0) is 12.7 Å². The number of carbonyl (C=O) groups is 1. The molecule has 1 atom stereocenters. The maximum atomic E-state index is 13.2. The number of nitrogens with one attached hydrogen (secondary N) is 3. The van der Waals surface area contributed by atoms with Crippen molar-refractivity contribution < 1.29 is 18.0 Å². The minimum atomic E-state index is -4.72. The molecule has 4 aromatic rings. The van der Waals surface area contributed by atoms with Gasteiger partial charge in [-0.15, -0.1) is 0 Å². The summed E-state index contributed by atoms with van der Waals surface area (Å²) in [7, 11) is 0. The number of carbonyl (C=O) groups excluding carboxylic acids is 1. The zero-order valence-electron chi connectivity index (χ0n) is 22.9. The summed E-state index contributed by atoms with van der Waals surface area (Å²) in [4.78, 5) is 29.6. The van der Waals surface area contributed by atoms with E-state index in [-0.39, 0.29) is 6.04 Å². The number of alkyl halides is 3. The molecule has 218 valence electrons. The van der Waals surface area contributed by atoms with Crippen LogP contribution in [0, 0.1) is 0 Å². The molecule has 1 aliphatic heterocycles. The first-order valence-corrected chi connectivity index (χ1v) is 13.8. The summed E-state index contributed by atoms with van der Waals surface area (Å²) < 4.78 is 39.7. The Hall–Kier alpha value is -4.52. The molecule has 0 bridgehead atoms. The van der Waals surface area contributed by atoms with Crippen LogP contribution in [0.5, 0.6) is 0 Å². The van der Waals surface area contributed by atoms with E-state index in [1.165, 1.54) is 18.9 Å². The van der Waals surface area contributed by atoms with Crippen LogP contribution in [0.1, 0.15) is 53.0 Å². The highest BCUT2D eigenvalue weighted by molar-refractivity contribution is 6.05. The lowest BCUT2D eigenvalue weighted by Gasteiger charge is -2.40. The SMILES string of the molecule is CC1CN(c2nccc(Nc3cc(C4CC4)[nH]n3)n2)CCN1Cc1ccc(NC(=O)c2cccnc2C(F)(F)F)cc1. The van der Waals surface area contributed by atoms with E-state index in [0.717, 1.165) is 49.0 Å². The van der Waals surface area contributed by atoms with Gasteiger partial charge < -0.3 is 15.5 Å². The molecular weight excluding hydrogens is 547 g/mol. The summed E-state index contributed by atoms with van der Waals surface area (Å²) in [6.45, 7) is 5.14. The molecule has 2 fully saturated rings. The third-order valence-electron chi connectivity index (χ3n) is 7.48. The van der Waals surface area contributed by atoms with Crippen LogP contribution in [0.4, 0.5) is 36.4 Å². The summed E-state index contributed by atoms with van der Waals surface area (Å²) in [6.07, 6.45) is 0.450. The minimum absolute atomic E-state index is 0.220. The molecule has 1 saturated carbocycles. The second-order valence-corrected chi connectivity index (χ2v) is 10.7. The standard InChI is InChI=1S/C29H30F3N9O/c1-18-16-41(28-34-12-10-24(37-28)36-25-15-23(38-39-25)20-6-7-20)14-13-40(18)17-19-4-8-21(9-5-19)35-27(42)22-3-2-11-33-26(22)29(30,31)32/h2-5,8-12,15,18,20H,6-7,13-14,16-17H2,1H3,(H,35,42)(H2,34,36,37,38,39). The zero-order chi connectivity index (χ0) is 29.3. The van der Waals surface area contributed by atoms with Crippen molar-refractivity contribution in [3.63, 3.8) is 0 Å². The number of piperazine rings is 1. The number of anilines is 4. The fourth-order valence-electron chi connectivity index (χ4n) is 5.06. The maximum absolute atomic E-state index is 13.2. The van der Waals surface area contributed by atoms with E-state index < -0.39 is 23.3 Å². The molecule has 10 nitrogen and oxygen atoms in total. The Morgan fingerprint density at radius 3 is 2.60 bits per heavy atom. The number of amides is 1. The average molecular weight is 578 g/mol. The highest BCUT2D eigenvalue weighted by Crippen LogP contribution is 2.39. The number of pyridine rings is 1. The van der Waals surface area contributed by atoms with Gasteiger partial charge in [0.2, 0.25) is 5.95 Å². The number of rotatable bonds is 8. The summed E-state index contributed by atoms with van der Waals surface area (Å²) in [5.74, 6) is 1.83. The summed E-state index contributed by atoms with van der Waals surface area (Å²) in [5.41, 5.74) is 0.858. The van der Waals surface area contributed by atoms with Crippen molar-refractivity contribution in [1.29, 1.82) is 0 Å². The molecule has 1 saturated heterocycles. The number of aromatic amines is 1. The van der Waals surface area contributed by atoms with Gasteiger partial charge in [-0.1, -0.05) is 12.1 Å². The van der Waals surface area contributed by atoms with Gasteiger partial charge in [-0.3, -0.25) is 19.8 Å². The number of hydrogen-bond donors (Lipinski definition) is 3. The van der Waals surface area contributed by atoms with Crippen molar-refractivity contribution >= 4 is 29.2 Å². The van der Waals surface area contributed by atoms with Gasteiger partial charge in [0, 0.05) is 68.0 Å². The molecular formula is C29H30F3N9O. The highest BCUT2D eigenvalue weighted by Gasteiger charge is 2.37. The van der Waals surface area contributed by atoms with Crippen LogP contribution in [0.3, 0.4) is 0 Å². The minimum Gasteiger partial charge on any atom is -0.338 e. The van der Waals surface area contributed by atoms with Crippen molar-refractivity contribution in [2.45, 2.75) is 44.4 Å². The van der Waals surface area contributed by atoms with Gasteiger partial charge in [0.25, 0.3) is 5.91 Å². The first kappa shape index (κ1) is 27.6. The highest BCUT2D eigenvalue weighted by atomic mass is 19.4. The van der Waals surface area contributed by atoms with Crippen LogP contribution >= 0.6 is 0 Å². The molecule has 3 aromatic heterocycles. The molecule has 0 radical (unpaired) electrons.